The summed E-state index contributed by atoms with van der Waals surface area (Å²) in [6.07, 6.45) is 6.73. The van der Waals surface area contributed by atoms with Crippen LogP contribution >= 0.6 is 0 Å². The van der Waals surface area contributed by atoms with Crippen molar-refractivity contribution in [2.24, 2.45) is 17.6 Å². The summed E-state index contributed by atoms with van der Waals surface area (Å²) in [6, 6.07) is 0. The van der Waals surface area contributed by atoms with E-state index in [1.165, 1.54) is 25.7 Å². The molecule has 0 aromatic heterocycles. The number of rotatable bonds is 4. The van der Waals surface area contributed by atoms with Gasteiger partial charge in [-0.2, -0.15) is 0 Å². The minimum Gasteiger partial charge on any atom is -0.380 e. The molecule has 1 atom stereocenters. The Labute approximate surface area is 110 Å². The molecule has 2 aliphatic rings. The van der Waals surface area contributed by atoms with Gasteiger partial charge in [-0.05, 0) is 50.5 Å². The fraction of sp³-hybridized carbons (Fsp3) is 0.929. The molecule has 104 valence electrons. The Morgan fingerprint density at radius 3 is 2.44 bits per heavy atom. The molecular weight excluding hydrogens is 228 g/mol. The second kappa shape index (κ2) is 6.53. The second-order valence-electron chi connectivity index (χ2n) is 5.81. The highest BCUT2D eigenvalue weighted by Crippen LogP contribution is 2.31. The predicted molar refractivity (Wildman–Crippen MR) is 71.1 cm³/mol. The largest absolute Gasteiger partial charge is 0.380 e. The Kier molecular flexibility index (Phi) is 5.01. The topological polar surface area (TPSA) is 55.6 Å². The van der Waals surface area contributed by atoms with E-state index in [0.29, 0.717) is 17.7 Å². The second-order valence-corrected chi connectivity index (χ2v) is 5.81. The Bertz CT molecular complexity index is 275. The van der Waals surface area contributed by atoms with Gasteiger partial charge in [0.2, 0.25) is 5.91 Å². The summed E-state index contributed by atoms with van der Waals surface area (Å²) < 4.78 is 5.30. The van der Waals surface area contributed by atoms with E-state index in [1.54, 1.807) is 7.11 Å². The Morgan fingerprint density at radius 2 is 1.89 bits per heavy atom. The maximum absolute atomic E-state index is 12.2. The van der Waals surface area contributed by atoms with E-state index in [2.05, 4.69) is 0 Å². The molecule has 0 aromatic rings. The van der Waals surface area contributed by atoms with Gasteiger partial charge < -0.3 is 15.4 Å². The highest BCUT2D eigenvalue weighted by atomic mass is 16.5. The van der Waals surface area contributed by atoms with Crippen molar-refractivity contribution in [2.75, 3.05) is 26.7 Å². The molecule has 2 fully saturated rings. The summed E-state index contributed by atoms with van der Waals surface area (Å²) >= 11 is 0. The highest BCUT2D eigenvalue weighted by Gasteiger charge is 2.29. The van der Waals surface area contributed by atoms with Crippen LogP contribution in [0.2, 0.25) is 0 Å². The van der Waals surface area contributed by atoms with E-state index in [-0.39, 0.29) is 6.10 Å². The number of hydrogen-bond acceptors (Lipinski definition) is 3. The molecule has 1 aliphatic carbocycles. The van der Waals surface area contributed by atoms with E-state index in [1.807, 2.05) is 4.90 Å². The fourth-order valence-electron chi connectivity index (χ4n) is 3.19. The molecule has 1 aliphatic heterocycles. The zero-order valence-corrected chi connectivity index (χ0v) is 11.4. The average molecular weight is 254 g/mol. The monoisotopic (exact) mass is 254 g/mol. The normalized spacial score (nSPS) is 32.8. The number of amides is 1. The van der Waals surface area contributed by atoms with Crippen LogP contribution in [0.4, 0.5) is 0 Å². The van der Waals surface area contributed by atoms with Crippen molar-refractivity contribution in [3.63, 3.8) is 0 Å². The minimum atomic E-state index is 0.252. The number of methoxy groups -OCH3 is 1. The number of likely N-dealkylation sites (tertiary alicyclic amines) is 1. The number of nitrogens with two attached hydrogens (primary N) is 1. The smallest absolute Gasteiger partial charge is 0.222 e. The molecule has 1 saturated carbocycles. The van der Waals surface area contributed by atoms with Crippen LogP contribution < -0.4 is 5.73 Å². The maximum atomic E-state index is 12.2. The van der Waals surface area contributed by atoms with Gasteiger partial charge in [-0.15, -0.1) is 0 Å². The quantitative estimate of drug-likeness (QED) is 0.825. The summed E-state index contributed by atoms with van der Waals surface area (Å²) in [6.45, 7) is 2.46. The van der Waals surface area contributed by atoms with Gasteiger partial charge in [0.25, 0.3) is 0 Å². The van der Waals surface area contributed by atoms with Gasteiger partial charge in [-0.3, -0.25) is 4.79 Å². The summed E-state index contributed by atoms with van der Waals surface area (Å²) in [5.41, 5.74) is 5.69. The van der Waals surface area contributed by atoms with Crippen LogP contribution in [0.5, 0.6) is 0 Å². The van der Waals surface area contributed by atoms with Crippen molar-refractivity contribution >= 4 is 5.91 Å². The van der Waals surface area contributed by atoms with Crippen LogP contribution in [0.3, 0.4) is 0 Å². The average Bonchev–Trinajstić information content (AvgIpc) is 2.88. The molecule has 0 aromatic carbocycles. The van der Waals surface area contributed by atoms with Crippen LogP contribution in [0.1, 0.15) is 38.5 Å². The van der Waals surface area contributed by atoms with E-state index in [9.17, 15) is 4.79 Å². The van der Waals surface area contributed by atoms with Crippen LogP contribution in [0.15, 0.2) is 0 Å². The summed E-state index contributed by atoms with van der Waals surface area (Å²) in [5.74, 6) is 1.61. The first-order chi connectivity index (χ1) is 8.72. The molecule has 1 heterocycles. The molecule has 1 amide bonds. The van der Waals surface area contributed by atoms with E-state index >= 15 is 0 Å². The van der Waals surface area contributed by atoms with Crippen LogP contribution in [-0.2, 0) is 9.53 Å². The lowest BCUT2D eigenvalue weighted by molar-refractivity contribution is -0.131. The Morgan fingerprint density at radius 1 is 1.22 bits per heavy atom. The van der Waals surface area contributed by atoms with Crippen molar-refractivity contribution < 1.29 is 9.53 Å². The van der Waals surface area contributed by atoms with Crippen molar-refractivity contribution in [3.8, 4) is 0 Å². The Hall–Kier alpha value is -0.610. The molecule has 2 N–H and O–H groups in total. The van der Waals surface area contributed by atoms with E-state index in [0.717, 1.165) is 32.5 Å². The lowest BCUT2D eigenvalue weighted by atomic mass is 9.80. The number of ether oxygens (including phenoxy) is 1. The summed E-state index contributed by atoms with van der Waals surface area (Å²) in [7, 11) is 1.73. The van der Waals surface area contributed by atoms with Crippen molar-refractivity contribution in [1.82, 2.24) is 4.90 Å². The molecule has 18 heavy (non-hydrogen) atoms. The zero-order valence-electron chi connectivity index (χ0n) is 11.4. The highest BCUT2D eigenvalue weighted by molar-refractivity contribution is 5.76. The van der Waals surface area contributed by atoms with Crippen molar-refractivity contribution in [3.05, 3.63) is 0 Å². The van der Waals surface area contributed by atoms with Crippen molar-refractivity contribution in [1.29, 1.82) is 0 Å². The number of hydrogen-bond donors (Lipinski definition) is 1. The van der Waals surface area contributed by atoms with Gasteiger partial charge in [-0.25, -0.2) is 0 Å². The molecule has 0 bridgehead atoms. The molecule has 0 spiro atoms. The molecule has 4 heteroatoms. The lowest BCUT2D eigenvalue weighted by Crippen LogP contribution is -2.32. The van der Waals surface area contributed by atoms with Crippen LogP contribution in [0.25, 0.3) is 0 Å². The van der Waals surface area contributed by atoms with Gasteiger partial charge in [-0.1, -0.05) is 0 Å². The minimum absolute atomic E-state index is 0.252. The first-order valence-electron chi connectivity index (χ1n) is 7.23. The van der Waals surface area contributed by atoms with Gasteiger partial charge in [0.1, 0.15) is 0 Å². The molecule has 1 saturated heterocycles. The van der Waals surface area contributed by atoms with Crippen molar-refractivity contribution in [2.45, 2.75) is 44.6 Å². The fourth-order valence-corrected chi connectivity index (χ4v) is 3.19. The van der Waals surface area contributed by atoms with Gasteiger partial charge in [0.15, 0.2) is 0 Å². The van der Waals surface area contributed by atoms with Crippen LogP contribution in [0, 0.1) is 11.8 Å². The number of carbonyl (C=O) groups is 1. The summed E-state index contributed by atoms with van der Waals surface area (Å²) in [5, 5.41) is 0. The number of carbonyl (C=O) groups excluding carboxylic acids is 1. The third kappa shape index (κ3) is 3.45. The van der Waals surface area contributed by atoms with E-state index in [4.69, 9.17) is 10.5 Å². The van der Waals surface area contributed by atoms with Gasteiger partial charge in [0.05, 0.1) is 6.10 Å². The predicted octanol–water partition coefficient (Wildman–Crippen LogP) is 1.39. The zero-order chi connectivity index (χ0) is 13.0. The summed E-state index contributed by atoms with van der Waals surface area (Å²) in [4.78, 5) is 14.1. The SMILES string of the molecule is COC1CCN(C(=O)CC2CCC(CN)CC2)C1. The standard InChI is InChI=1S/C14H26N2O2/c1-18-13-6-7-16(10-13)14(17)8-11-2-4-12(9-15)5-3-11/h11-13H,2-10,15H2,1H3. The van der Waals surface area contributed by atoms with Gasteiger partial charge >= 0.3 is 0 Å². The maximum Gasteiger partial charge on any atom is 0.222 e. The third-order valence-corrected chi connectivity index (χ3v) is 4.59. The lowest BCUT2D eigenvalue weighted by Gasteiger charge is -2.28. The molecule has 1 unspecified atom stereocenters. The third-order valence-electron chi connectivity index (χ3n) is 4.59. The van der Waals surface area contributed by atoms with E-state index < -0.39 is 0 Å². The molecule has 0 radical (unpaired) electrons. The van der Waals surface area contributed by atoms with Gasteiger partial charge in [0, 0.05) is 26.6 Å². The first kappa shape index (κ1) is 13.8. The van der Waals surface area contributed by atoms with Crippen LogP contribution in [-0.4, -0.2) is 43.7 Å². The Balaban J connectivity index is 1.72. The number of nitrogens with zero attached hydrogens (tertiary/aromatic N) is 1. The molecule has 4 nitrogen and oxygen atoms in total. The molecular formula is C14H26N2O2. The first-order valence-corrected chi connectivity index (χ1v) is 7.23. The molecule has 2 rings (SSSR count).